The second-order valence-corrected chi connectivity index (χ2v) is 41.9. The Hall–Kier alpha value is -17.9. The van der Waals surface area contributed by atoms with Crippen LogP contribution in [0.5, 0.6) is 5.75 Å². The summed E-state index contributed by atoms with van der Waals surface area (Å²) in [5, 5.41) is 23.8. The molecule has 1 heterocycles. The molecule has 149 heavy (non-hydrogen) atoms. The van der Waals surface area contributed by atoms with Crippen LogP contribution in [0.15, 0.2) is 479 Å². The summed E-state index contributed by atoms with van der Waals surface area (Å²) in [6, 6.07) is 172. The minimum absolute atomic E-state index is 0.0334. The van der Waals surface area contributed by atoms with E-state index in [1.165, 1.54) is 232 Å². The van der Waals surface area contributed by atoms with E-state index >= 15 is 0 Å². The zero-order valence-corrected chi connectivity index (χ0v) is 83.6. The molecule has 3 aliphatic rings. The maximum absolute atomic E-state index is 13.6. The van der Waals surface area contributed by atoms with Crippen LogP contribution in [0.3, 0.4) is 0 Å². The summed E-state index contributed by atoms with van der Waals surface area (Å²) < 4.78 is 46.4. The number of para-hydroxylation sites is 2. The van der Waals surface area contributed by atoms with E-state index in [1.807, 2.05) is 6.07 Å². The minimum Gasteiger partial charge on any atom is -0.497 e. The van der Waals surface area contributed by atoms with E-state index in [9.17, 15) is 13.2 Å². The molecule has 0 N–H and O–H groups in total. The zero-order valence-electron chi connectivity index (χ0n) is 83.6. The third kappa shape index (κ3) is 14.5. The molecule has 0 bridgehead atoms. The second kappa shape index (κ2) is 34.9. The summed E-state index contributed by atoms with van der Waals surface area (Å²) >= 11 is 0. The lowest BCUT2D eigenvalue weighted by molar-refractivity contribution is -0.137. The first-order chi connectivity index (χ1) is 72.8. The van der Waals surface area contributed by atoms with Crippen LogP contribution in [-0.2, 0) is 22.4 Å². The molecule has 0 aliphatic heterocycles. The Morgan fingerprint density at radius 3 is 0.752 bits per heavy atom. The third-order valence-electron chi connectivity index (χ3n) is 32.7. The van der Waals surface area contributed by atoms with Crippen LogP contribution in [0, 0.1) is 0 Å². The first kappa shape index (κ1) is 89.9. The van der Waals surface area contributed by atoms with Crippen LogP contribution in [0.1, 0.15) is 80.5 Å². The highest BCUT2D eigenvalue weighted by molar-refractivity contribution is 6.29. The Morgan fingerprint density at radius 1 is 0.181 bits per heavy atom. The lowest BCUT2D eigenvalue weighted by Crippen LogP contribution is -2.14. The molecule has 26 aromatic rings. The van der Waals surface area contributed by atoms with Gasteiger partial charge < -0.3 is 4.74 Å². The average Bonchev–Trinajstić information content (AvgIpc) is 1.68. The molecule has 0 atom stereocenters. The summed E-state index contributed by atoms with van der Waals surface area (Å²) in [6.45, 7) is 14.0. The lowest BCUT2D eigenvalue weighted by atomic mass is 9.81. The monoisotopic (exact) mass is 1920 g/mol. The van der Waals surface area contributed by atoms with Crippen molar-refractivity contribution in [3.63, 3.8) is 0 Å². The number of aromatic nitrogens is 1. The van der Waals surface area contributed by atoms with Crippen LogP contribution >= 0.6 is 0 Å². The van der Waals surface area contributed by atoms with Gasteiger partial charge in [0.1, 0.15) is 5.75 Å². The Kier molecular flexibility index (Phi) is 21.1. The average molecular weight is 1920 g/mol. The SMILES string of the molecule is CC1(C)c2ccccc2-c2cc(-c3c4ccccc4c(-c4c5ccccc5nc5ccccc45)c4ccc(-c5cccc6ccccc56)cc34)ccc21.CC1(C)c2ccccc2-c2cc(-c3c4ccccc4c(-c4ccc(C(F)(F)F)cc4)c4ccc(-c5cccc6ccccc56)cc34)ccc21.COc1ccc(-c2c3ccccc3c(-c3ccc4c(c3)-c3ccccc3C4(C)C)c3cc(-c4cccc5ccccc45)ccc23)cc1. The van der Waals surface area contributed by atoms with Crippen LogP contribution in [0.25, 0.3) is 252 Å². The van der Waals surface area contributed by atoms with Crippen LogP contribution < -0.4 is 4.74 Å². The zero-order chi connectivity index (χ0) is 100. The van der Waals surface area contributed by atoms with E-state index in [2.05, 4.69) is 490 Å². The number of rotatable bonds is 10. The number of hydrogen-bond acceptors (Lipinski definition) is 2. The number of nitrogens with zero attached hydrogens (tertiary/aromatic N) is 1. The molecule has 1 aromatic heterocycles. The Bertz CT molecular complexity index is 10000. The van der Waals surface area contributed by atoms with Crippen LogP contribution in [-0.4, -0.2) is 12.1 Å². The largest absolute Gasteiger partial charge is 0.497 e. The molecule has 0 amide bonds. The van der Waals surface area contributed by atoms with Crippen molar-refractivity contribution in [3.05, 3.63) is 518 Å². The molecule has 0 saturated carbocycles. The molecule has 3 aliphatic carbocycles. The van der Waals surface area contributed by atoms with Crippen molar-refractivity contribution in [3.8, 4) is 139 Å². The third-order valence-corrected chi connectivity index (χ3v) is 32.7. The molecular weight excluding hydrogens is 1820 g/mol. The summed E-state index contributed by atoms with van der Waals surface area (Å²) in [7, 11) is 1.72. The standard InChI is InChI=1S/C52H35N.C46H31F3.C46H34O/c1-52(2)45-23-10-7-17-37(45)43-31-34(27-29-46(43)52)49-38-18-5-6-19-39(38)50(51-41-20-8-11-24-47(41)53-48-25-12-9-21-42(48)51)40-28-26-33(30-44(40)49)36-22-13-15-32-14-3-4-16-35(32)36;1-45(2)41-17-8-7-13-35(41)39-27-31(21-25-42(39)45)44-37-15-6-5-14-36(37)43(29-18-22-32(23-19-29)46(47,48)49)38-24-20-30(26-40(38)44)34-16-9-11-28-10-3-4-12-33(28)34;1-46(2)42-18-9-8-14-36(42)40-28-32(22-26-43(40)46)45-38-16-7-6-15-37(38)44(30-19-23-33(47-3)24-20-30)39-25-21-31(27-41(39)45)35-17-10-12-29-11-4-5-13-34(29)35/h3-31H,1-2H3;3-27H,1-2H3;4-28H,1-3H3. The molecule has 25 aromatic carbocycles. The van der Waals surface area contributed by atoms with E-state index < -0.39 is 11.7 Å². The van der Waals surface area contributed by atoms with Gasteiger partial charge >= 0.3 is 6.18 Å². The molecule has 2 nitrogen and oxygen atoms in total. The van der Waals surface area contributed by atoms with Crippen molar-refractivity contribution in [2.24, 2.45) is 0 Å². The van der Waals surface area contributed by atoms with Crippen molar-refractivity contribution in [2.75, 3.05) is 7.11 Å². The number of halogens is 3. The van der Waals surface area contributed by atoms with Gasteiger partial charge in [-0.1, -0.05) is 448 Å². The predicted octanol–water partition coefficient (Wildman–Crippen LogP) is 40.1. The van der Waals surface area contributed by atoms with Crippen molar-refractivity contribution in [1.82, 2.24) is 4.98 Å². The molecular formula is C144H100F3NO. The number of fused-ring (bicyclic) bond motifs is 20. The maximum atomic E-state index is 13.6. The van der Waals surface area contributed by atoms with Gasteiger partial charge in [0, 0.05) is 32.6 Å². The van der Waals surface area contributed by atoms with Gasteiger partial charge in [-0.2, -0.15) is 13.2 Å². The molecule has 29 rings (SSSR count). The van der Waals surface area contributed by atoms with Gasteiger partial charge in [0.25, 0.3) is 0 Å². The first-order valence-corrected chi connectivity index (χ1v) is 51.5. The van der Waals surface area contributed by atoms with Crippen molar-refractivity contribution >= 4 is 119 Å². The maximum Gasteiger partial charge on any atom is 0.416 e. The molecule has 0 fully saturated rings. The second-order valence-electron chi connectivity index (χ2n) is 41.9. The summed E-state index contributed by atoms with van der Waals surface area (Å²) in [6.07, 6.45) is -4.40. The Morgan fingerprint density at radius 2 is 0.416 bits per heavy atom. The van der Waals surface area contributed by atoms with Crippen molar-refractivity contribution < 1.29 is 17.9 Å². The molecule has 0 spiro atoms. The topological polar surface area (TPSA) is 22.1 Å². The van der Waals surface area contributed by atoms with E-state index in [0.717, 1.165) is 71.7 Å². The molecule has 0 saturated heterocycles. The van der Waals surface area contributed by atoms with E-state index in [-0.39, 0.29) is 16.2 Å². The molecule has 708 valence electrons. The van der Waals surface area contributed by atoms with Crippen LogP contribution in [0.4, 0.5) is 13.2 Å². The highest BCUT2D eigenvalue weighted by atomic mass is 19.4. The highest BCUT2D eigenvalue weighted by Gasteiger charge is 2.40. The van der Waals surface area contributed by atoms with Gasteiger partial charge in [-0.05, 0) is 331 Å². The van der Waals surface area contributed by atoms with Gasteiger partial charge in [-0.25, -0.2) is 4.98 Å². The normalized spacial score (nSPS) is 13.3. The number of benzene rings is 25. The Balaban J connectivity index is 0.000000110. The van der Waals surface area contributed by atoms with E-state index in [4.69, 9.17) is 9.72 Å². The van der Waals surface area contributed by atoms with Gasteiger partial charge in [0.2, 0.25) is 0 Å². The van der Waals surface area contributed by atoms with E-state index in [1.54, 1.807) is 19.2 Å². The number of hydrogen-bond donors (Lipinski definition) is 0. The number of methoxy groups -OCH3 is 1. The first-order valence-electron chi connectivity index (χ1n) is 51.5. The molecule has 5 heteroatoms. The van der Waals surface area contributed by atoms with Gasteiger partial charge in [0.05, 0.1) is 23.7 Å². The van der Waals surface area contributed by atoms with E-state index in [0.29, 0.717) is 0 Å². The fourth-order valence-corrected chi connectivity index (χ4v) is 25.6. The predicted molar refractivity (Wildman–Crippen MR) is 623 cm³/mol. The number of alkyl halides is 3. The van der Waals surface area contributed by atoms with Crippen molar-refractivity contribution in [1.29, 1.82) is 0 Å². The number of ether oxygens (including phenoxy) is 1. The lowest BCUT2D eigenvalue weighted by Gasteiger charge is -2.23. The quantitative estimate of drug-likeness (QED) is 0.127. The summed E-state index contributed by atoms with van der Waals surface area (Å²) in [4.78, 5) is 5.14. The fraction of sp³-hybridized carbons (Fsp3) is 0.0764. The van der Waals surface area contributed by atoms with Gasteiger partial charge in [-0.15, -0.1) is 0 Å². The summed E-state index contributed by atoms with van der Waals surface area (Å²) in [5.74, 6) is 0.860. The summed E-state index contributed by atoms with van der Waals surface area (Å²) in [5.41, 5.74) is 38.3. The highest BCUT2D eigenvalue weighted by Crippen LogP contribution is 2.59. The molecule has 0 unspecified atom stereocenters. The smallest absolute Gasteiger partial charge is 0.416 e. The van der Waals surface area contributed by atoms with Crippen molar-refractivity contribution in [2.45, 2.75) is 64.0 Å². The minimum atomic E-state index is -4.40. The van der Waals surface area contributed by atoms with Crippen LogP contribution in [0.2, 0.25) is 0 Å². The van der Waals surface area contributed by atoms with Gasteiger partial charge in [-0.3, -0.25) is 0 Å². The molecule has 0 radical (unpaired) electrons. The Labute approximate surface area is 864 Å². The number of pyridine rings is 1. The van der Waals surface area contributed by atoms with Gasteiger partial charge in [0.15, 0.2) is 0 Å². The fourth-order valence-electron chi connectivity index (χ4n) is 25.6.